The zero-order valence-corrected chi connectivity index (χ0v) is 27.9. The van der Waals surface area contributed by atoms with Crippen molar-refractivity contribution < 1.29 is 10.2 Å². The third-order valence-corrected chi connectivity index (χ3v) is 10.4. The van der Waals surface area contributed by atoms with Crippen LogP contribution in [0.2, 0.25) is 0 Å². The fourth-order valence-electron chi connectivity index (χ4n) is 8.08. The highest BCUT2D eigenvalue weighted by molar-refractivity contribution is 5.92. The highest BCUT2D eigenvalue weighted by Gasteiger charge is 2.47. The Balaban J connectivity index is 1.47. The SMILES string of the molecule is Oc1c(-c2ccccc2)cc(C2(c3cc(-c4ccccc4)c(O)c(-c4ccccc4)c3)c3ccccc3-c3ccccc32)cc1-c1ccccc1. The molecule has 242 valence electrons. The molecule has 0 amide bonds. The van der Waals surface area contributed by atoms with Crippen LogP contribution in [0.25, 0.3) is 55.6 Å². The quantitative estimate of drug-likeness (QED) is 0.187. The van der Waals surface area contributed by atoms with Crippen LogP contribution in [0.1, 0.15) is 22.3 Å². The Morgan fingerprint density at radius 2 is 0.529 bits per heavy atom. The second-order valence-electron chi connectivity index (χ2n) is 13.1. The molecule has 0 bridgehead atoms. The molecule has 1 aliphatic carbocycles. The van der Waals surface area contributed by atoms with Crippen molar-refractivity contribution in [3.05, 3.63) is 216 Å². The first-order valence-corrected chi connectivity index (χ1v) is 17.3. The molecule has 0 heterocycles. The molecule has 0 aliphatic heterocycles. The molecule has 0 aromatic heterocycles. The number of hydrogen-bond donors (Lipinski definition) is 2. The van der Waals surface area contributed by atoms with Crippen LogP contribution in [0.15, 0.2) is 194 Å². The molecule has 0 unspecified atom stereocenters. The van der Waals surface area contributed by atoms with Crippen LogP contribution >= 0.6 is 0 Å². The lowest BCUT2D eigenvalue weighted by Crippen LogP contribution is -2.29. The predicted octanol–water partition coefficient (Wildman–Crippen LogP) is 12.1. The minimum atomic E-state index is -0.811. The molecule has 0 spiro atoms. The molecule has 0 saturated carbocycles. The Hall–Kier alpha value is -6.64. The molecule has 51 heavy (non-hydrogen) atoms. The van der Waals surface area contributed by atoms with Gasteiger partial charge in [-0.05, 0) is 79.9 Å². The second-order valence-corrected chi connectivity index (χ2v) is 13.1. The van der Waals surface area contributed by atoms with Crippen molar-refractivity contribution in [2.45, 2.75) is 5.41 Å². The van der Waals surface area contributed by atoms with Gasteiger partial charge in [-0.1, -0.05) is 170 Å². The molecule has 9 rings (SSSR count). The van der Waals surface area contributed by atoms with Gasteiger partial charge in [0.1, 0.15) is 11.5 Å². The van der Waals surface area contributed by atoms with E-state index in [1.54, 1.807) is 0 Å². The fourth-order valence-corrected chi connectivity index (χ4v) is 8.08. The van der Waals surface area contributed by atoms with Gasteiger partial charge in [-0.15, -0.1) is 0 Å². The maximum atomic E-state index is 12.1. The van der Waals surface area contributed by atoms with E-state index >= 15 is 0 Å². The van der Waals surface area contributed by atoms with Crippen LogP contribution < -0.4 is 0 Å². The first-order chi connectivity index (χ1) is 25.1. The summed E-state index contributed by atoms with van der Waals surface area (Å²) in [5.41, 5.74) is 12.7. The van der Waals surface area contributed by atoms with Crippen LogP contribution in [0, 0.1) is 0 Å². The van der Waals surface area contributed by atoms with Crippen LogP contribution in [0.4, 0.5) is 0 Å². The molecule has 0 radical (unpaired) electrons. The third-order valence-electron chi connectivity index (χ3n) is 10.4. The summed E-state index contributed by atoms with van der Waals surface area (Å²) in [5, 5.41) is 24.2. The van der Waals surface area contributed by atoms with Crippen molar-refractivity contribution in [3.63, 3.8) is 0 Å². The van der Waals surface area contributed by atoms with Gasteiger partial charge in [0.15, 0.2) is 0 Å². The van der Waals surface area contributed by atoms with Crippen LogP contribution in [0.3, 0.4) is 0 Å². The molecule has 1 aliphatic rings. The van der Waals surface area contributed by atoms with Gasteiger partial charge in [0.05, 0.1) is 5.41 Å². The lowest BCUT2D eigenvalue weighted by molar-refractivity contribution is 0.479. The minimum absolute atomic E-state index is 0.242. The number of aromatic hydroxyl groups is 2. The summed E-state index contributed by atoms with van der Waals surface area (Å²) in [6.07, 6.45) is 0. The van der Waals surface area contributed by atoms with Crippen molar-refractivity contribution in [3.8, 4) is 67.1 Å². The monoisotopic (exact) mass is 654 g/mol. The summed E-state index contributed by atoms with van der Waals surface area (Å²) in [4.78, 5) is 0. The fraction of sp³-hybridized carbons (Fsp3) is 0.0204. The number of fused-ring (bicyclic) bond motifs is 3. The molecule has 8 aromatic carbocycles. The van der Waals surface area contributed by atoms with Gasteiger partial charge in [-0.25, -0.2) is 0 Å². The van der Waals surface area contributed by atoms with Crippen molar-refractivity contribution in [1.82, 2.24) is 0 Å². The van der Waals surface area contributed by atoms with Gasteiger partial charge < -0.3 is 10.2 Å². The topological polar surface area (TPSA) is 40.5 Å². The summed E-state index contributed by atoms with van der Waals surface area (Å²) >= 11 is 0. The Bertz CT molecular complexity index is 2220. The molecule has 2 N–H and O–H groups in total. The van der Waals surface area contributed by atoms with Gasteiger partial charge in [0, 0.05) is 22.3 Å². The smallest absolute Gasteiger partial charge is 0.131 e. The lowest BCUT2D eigenvalue weighted by atomic mass is 9.66. The lowest BCUT2D eigenvalue weighted by Gasteiger charge is -2.36. The summed E-state index contributed by atoms with van der Waals surface area (Å²) in [5.74, 6) is 0.484. The van der Waals surface area contributed by atoms with E-state index in [2.05, 4.69) is 121 Å². The van der Waals surface area contributed by atoms with Crippen molar-refractivity contribution >= 4 is 0 Å². The second kappa shape index (κ2) is 12.4. The number of phenolic OH excluding ortho intramolecular Hbond substituents is 2. The van der Waals surface area contributed by atoms with Gasteiger partial charge in [0.25, 0.3) is 0 Å². The number of phenols is 2. The standard InChI is InChI=1S/C49H34O2/c50-47-41(33-17-5-1-6-18-33)29-37(30-42(47)34-19-7-2-8-20-34)49(45-27-15-13-25-39(45)40-26-14-16-28-46(40)49)38-31-43(35-21-9-3-10-22-35)48(51)44(32-38)36-23-11-4-12-24-36/h1-32,50-51H. The predicted molar refractivity (Wildman–Crippen MR) is 209 cm³/mol. The van der Waals surface area contributed by atoms with Crippen LogP contribution in [-0.2, 0) is 5.41 Å². The Kier molecular flexibility index (Phi) is 7.37. The van der Waals surface area contributed by atoms with Crippen molar-refractivity contribution in [2.24, 2.45) is 0 Å². The van der Waals surface area contributed by atoms with E-state index in [9.17, 15) is 10.2 Å². The molecule has 2 nitrogen and oxygen atoms in total. The Labute approximate surface area is 298 Å². The molecule has 0 saturated heterocycles. The molecular formula is C49H34O2. The maximum absolute atomic E-state index is 12.1. The number of rotatable bonds is 6. The van der Waals surface area contributed by atoms with E-state index in [0.717, 1.165) is 66.8 Å². The van der Waals surface area contributed by atoms with E-state index in [0.29, 0.717) is 0 Å². The van der Waals surface area contributed by atoms with Gasteiger partial charge >= 0.3 is 0 Å². The molecule has 0 atom stereocenters. The van der Waals surface area contributed by atoms with Crippen molar-refractivity contribution in [1.29, 1.82) is 0 Å². The summed E-state index contributed by atoms with van der Waals surface area (Å²) < 4.78 is 0. The normalized spacial score (nSPS) is 12.6. The van der Waals surface area contributed by atoms with E-state index < -0.39 is 5.41 Å². The Morgan fingerprint density at radius 3 is 0.824 bits per heavy atom. The maximum Gasteiger partial charge on any atom is 0.131 e. The average Bonchev–Trinajstić information content (AvgIpc) is 3.50. The molecular weight excluding hydrogens is 621 g/mol. The highest BCUT2D eigenvalue weighted by Crippen LogP contribution is 2.59. The zero-order chi connectivity index (χ0) is 34.4. The highest BCUT2D eigenvalue weighted by atomic mass is 16.3. The molecule has 8 aromatic rings. The van der Waals surface area contributed by atoms with E-state index in [1.165, 1.54) is 11.1 Å². The largest absolute Gasteiger partial charge is 0.507 e. The molecule has 0 fully saturated rings. The van der Waals surface area contributed by atoms with Crippen molar-refractivity contribution in [2.75, 3.05) is 0 Å². The first-order valence-electron chi connectivity index (χ1n) is 17.3. The third kappa shape index (κ3) is 4.87. The minimum Gasteiger partial charge on any atom is -0.507 e. The van der Waals surface area contributed by atoms with Gasteiger partial charge in [-0.3, -0.25) is 0 Å². The van der Waals surface area contributed by atoms with Gasteiger partial charge in [-0.2, -0.15) is 0 Å². The summed E-state index contributed by atoms with van der Waals surface area (Å²) in [7, 11) is 0. The van der Waals surface area contributed by atoms with E-state index in [4.69, 9.17) is 0 Å². The summed E-state index contributed by atoms with van der Waals surface area (Å²) in [6, 6.07) is 66.6. The van der Waals surface area contributed by atoms with E-state index in [1.807, 2.05) is 72.8 Å². The number of hydrogen-bond acceptors (Lipinski definition) is 2. The van der Waals surface area contributed by atoms with Crippen LogP contribution in [0.5, 0.6) is 11.5 Å². The number of benzene rings is 8. The summed E-state index contributed by atoms with van der Waals surface area (Å²) in [6.45, 7) is 0. The van der Waals surface area contributed by atoms with E-state index in [-0.39, 0.29) is 11.5 Å². The average molecular weight is 655 g/mol. The first kappa shape index (κ1) is 30.4. The zero-order valence-electron chi connectivity index (χ0n) is 27.9. The molecule has 2 heteroatoms. The van der Waals surface area contributed by atoms with Crippen LogP contribution in [-0.4, -0.2) is 10.2 Å². The van der Waals surface area contributed by atoms with Gasteiger partial charge in [0.2, 0.25) is 0 Å². The Morgan fingerprint density at radius 1 is 0.275 bits per heavy atom.